The van der Waals surface area contributed by atoms with Crippen molar-refractivity contribution >= 4 is 6.03 Å². The molecule has 2 aliphatic rings. The number of rotatable bonds is 1. The number of piperidine rings is 1. The minimum absolute atomic E-state index is 0.00116. The van der Waals surface area contributed by atoms with Crippen molar-refractivity contribution in [1.29, 1.82) is 0 Å². The summed E-state index contributed by atoms with van der Waals surface area (Å²) >= 11 is 0. The first-order valence-electron chi connectivity index (χ1n) is 4.99. The number of likely N-dealkylation sites (tertiary alicyclic amines) is 1. The van der Waals surface area contributed by atoms with Crippen LogP contribution in [0.15, 0.2) is 0 Å². The summed E-state index contributed by atoms with van der Waals surface area (Å²) in [5.41, 5.74) is 0. The molecule has 2 N–H and O–H groups in total. The first-order valence-corrected chi connectivity index (χ1v) is 4.99. The molecule has 0 aromatic rings. The van der Waals surface area contributed by atoms with Crippen LogP contribution < -0.4 is 5.32 Å². The molecule has 1 heterocycles. The summed E-state index contributed by atoms with van der Waals surface area (Å²) < 4.78 is 0. The van der Waals surface area contributed by atoms with E-state index in [9.17, 15) is 9.90 Å². The van der Waals surface area contributed by atoms with Crippen molar-refractivity contribution in [2.24, 2.45) is 0 Å². The summed E-state index contributed by atoms with van der Waals surface area (Å²) in [5.74, 6) is 0. The normalized spacial score (nSPS) is 28.7. The third-order valence-electron chi connectivity index (χ3n) is 2.59. The number of urea groups is 1. The van der Waals surface area contributed by atoms with E-state index < -0.39 is 0 Å². The number of carbonyl (C=O) groups excluding carboxylic acids is 1. The summed E-state index contributed by atoms with van der Waals surface area (Å²) in [6.07, 6.45) is 3.65. The van der Waals surface area contributed by atoms with Crippen LogP contribution in [-0.4, -0.2) is 41.3 Å². The average Bonchev–Trinajstić information content (AvgIpc) is 2.88. The molecule has 4 nitrogen and oxygen atoms in total. The zero-order valence-corrected chi connectivity index (χ0v) is 7.70. The second-order valence-electron chi connectivity index (χ2n) is 3.97. The highest BCUT2D eigenvalue weighted by molar-refractivity contribution is 5.75. The van der Waals surface area contributed by atoms with Gasteiger partial charge in [0.25, 0.3) is 0 Å². The predicted octanol–water partition coefficient (Wildman–Crippen LogP) is 0.315. The fourth-order valence-electron chi connectivity index (χ4n) is 1.63. The Labute approximate surface area is 77.9 Å². The lowest BCUT2D eigenvalue weighted by Gasteiger charge is -2.30. The van der Waals surface area contributed by atoms with Crippen LogP contribution in [0.2, 0.25) is 0 Å². The Bertz CT molecular complexity index is 204. The van der Waals surface area contributed by atoms with Crippen LogP contribution >= 0.6 is 0 Å². The predicted molar refractivity (Wildman–Crippen MR) is 48.4 cm³/mol. The third kappa shape index (κ3) is 2.34. The van der Waals surface area contributed by atoms with Gasteiger partial charge in [-0.2, -0.15) is 0 Å². The maximum Gasteiger partial charge on any atom is 0.317 e. The summed E-state index contributed by atoms with van der Waals surface area (Å²) in [6.45, 7) is 1.29. The van der Waals surface area contributed by atoms with Crippen molar-refractivity contribution in [2.75, 3.05) is 13.1 Å². The monoisotopic (exact) mass is 184 g/mol. The second-order valence-corrected chi connectivity index (χ2v) is 3.97. The Morgan fingerprint density at radius 3 is 2.77 bits per heavy atom. The summed E-state index contributed by atoms with van der Waals surface area (Å²) in [7, 11) is 0. The van der Waals surface area contributed by atoms with Crippen molar-refractivity contribution in [3.63, 3.8) is 0 Å². The van der Waals surface area contributed by atoms with Crippen LogP contribution in [0.5, 0.6) is 0 Å². The standard InChI is InChI=1S/C9H16N2O2/c12-8-2-1-5-11(6-8)9(13)10-7-3-4-7/h7-8,12H,1-6H2,(H,10,13)/t8-/m0/s1. The van der Waals surface area contributed by atoms with Crippen molar-refractivity contribution in [1.82, 2.24) is 10.2 Å². The zero-order chi connectivity index (χ0) is 9.26. The van der Waals surface area contributed by atoms with Gasteiger partial charge in [-0.3, -0.25) is 0 Å². The van der Waals surface area contributed by atoms with Gasteiger partial charge in [0, 0.05) is 19.1 Å². The maximum absolute atomic E-state index is 11.5. The fraction of sp³-hybridized carbons (Fsp3) is 0.889. The average molecular weight is 184 g/mol. The number of hydrogen-bond donors (Lipinski definition) is 2. The first kappa shape index (κ1) is 8.81. The number of aliphatic hydroxyl groups excluding tert-OH is 1. The van der Waals surface area contributed by atoms with E-state index in [0.29, 0.717) is 12.6 Å². The molecule has 1 aliphatic carbocycles. The van der Waals surface area contributed by atoms with E-state index in [0.717, 1.165) is 32.2 Å². The van der Waals surface area contributed by atoms with E-state index in [1.54, 1.807) is 4.90 Å². The smallest absolute Gasteiger partial charge is 0.317 e. The molecule has 0 aromatic heterocycles. The van der Waals surface area contributed by atoms with Crippen molar-refractivity contribution in [2.45, 2.75) is 37.8 Å². The number of nitrogens with one attached hydrogen (secondary N) is 1. The summed E-state index contributed by atoms with van der Waals surface area (Å²) in [4.78, 5) is 13.2. The number of nitrogens with zero attached hydrogens (tertiary/aromatic N) is 1. The molecule has 13 heavy (non-hydrogen) atoms. The van der Waals surface area contributed by atoms with Gasteiger partial charge in [0.2, 0.25) is 0 Å². The van der Waals surface area contributed by atoms with Crippen LogP contribution in [0.3, 0.4) is 0 Å². The van der Waals surface area contributed by atoms with Gasteiger partial charge >= 0.3 is 6.03 Å². The molecule has 1 aliphatic heterocycles. The number of amides is 2. The van der Waals surface area contributed by atoms with Gasteiger partial charge in [-0.05, 0) is 25.7 Å². The van der Waals surface area contributed by atoms with E-state index in [2.05, 4.69) is 5.32 Å². The minimum Gasteiger partial charge on any atom is -0.391 e. The largest absolute Gasteiger partial charge is 0.391 e. The van der Waals surface area contributed by atoms with Crippen molar-refractivity contribution in [3.8, 4) is 0 Å². The summed E-state index contributed by atoms with van der Waals surface area (Å²) in [5, 5.41) is 12.3. The molecule has 74 valence electrons. The zero-order valence-electron chi connectivity index (χ0n) is 7.70. The van der Waals surface area contributed by atoms with Crippen molar-refractivity contribution < 1.29 is 9.90 Å². The molecule has 0 aromatic carbocycles. The number of carbonyl (C=O) groups is 1. The molecule has 0 spiro atoms. The van der Waals surface area contributed by atoms with Gasteiger partial charge < -0.3 is 15.3 Å². The molecule has 1 saturated heterocycles. The Morgan fingerprint density at radius 1 is 1.38 bits per heavy atom. The molecular weight excluding hydrogens is 168 g/mol. The quantitative estimate of drug-likeness (QED) is 0.616. The molecule has 2 rings (SSSR count). The van der Waals surface area contributed by atoms with E-state index in [4.69, 9.17) is 0 Å². The molecule has 1 saturated carbocycles. The molecule has 1 atom stereocenters. The van der Waals surface area contributed by atoms with Gasteiger partial charge in [-0.15, -0.1) is 0 Å². The third-order valence-corrected chi connectivity index (χ3v) is 2.59. The van der Waals surface area contributed by atoms with Crippen LogP contribution in [0, 0.1) is 0 Å². The minimum atomic E-state index is -0.321. The van der Waals surface area contributed by atoms with E-state index >= 15 is 0 Å². The van der Waals surface area contributed by atoms with Gasteiger partial charge in [0.1, 0.15) is 0 Å². The van der Waals surface area contributed by atoms with E-state index in [1.165, 1.54) is 0 Å². The molecule has 0 unspecified atom stereocenters. The first-order chi connectivity index (χ1) is 6.25. The Hall–Kier alpha value is -0.770. The SMILES string of the molecule is O=C(NC1CC1)N1CCC[C@H](O)C1. The molecular formula is C9H16N2O2. The molecule has 0 radical (unpaired) electrons. The Balaban J connectivity index is 1.80. The lowest BCUT2D eigenvalue weighted by atomic mass is 10.1. The second kappa shape index (κ2) is 3.54. The van der Waals surface area contributed by atoms with Crippen LogP contribution in [0.1, 0.15) is 25.7 Å². The molecule has 0 bridgehead atoms. The number of β-amino-alcohol motifs (C(OH)–C–C–N with tert-alkyl or cyclic N) is 1. The van der Waals surface area contributed by atoms with Gasteiger partial charge in [-0.1, -0.05) is 0 Å². The van der Waals surface area contributed by atoms with Crippen LogP contribution in [0.25, 0.3) is 0 Å². The lowest BCUT2D eigenvalue weighted by molar-refractivity contribution is 0.0841. The van der Waals surface area contributed by atoms with E-state index in [1.807, 2.05) is 0 Å². The van der Waals surface area contributed by atoms with E-state index in [-0.39, 0.29) is 12.1 Å². The maximum atomic E-state index is 11.5. The topological polar surface area (TPSA) is 52.6 Å². The molecule has 4 heteroatoms. The van der Waals surface area contributed by atoms with Crippen molar-refractivity contribution in [3.05, 3.63) is 0 Å². The van der Waals surface area contributed by atoms with Gasteiger partial charge in [0.05, 0.1) is 6.10 Å². The summed E-state index contributed by atoms with van der Waals surface area (Å²) in [6, 6.07) is 0.410. The van der Waals surface area contributed by atoms with Crippen LogP contribution in [0.4, 0.5) is 4.79 Å². The lowest BCUT2D eigenvalue weighted by Crippen LogP contribution is -2.47. The van der Waals surface area contributed by atoms with Gasteiger partial charge in [0.15, 0.2) is 0 Å². The highest BCUT2D eigenvalue weighted by Gasteiger charge is 2.28. The Kier molecular flexibility index (Phi) is 2.40. The molecule has 2 amide bonds. The Morgan fingerprint density at radius 2 is 2.15 bits per heavy atom. The highest BCUT2D eigenvalue weighted by atomic mass is 16.3. The number of hydrogen-bond acceptors (Lipinski definition) is 2. The highest BCUT2D eigenvalue weighted by Crippen LogP contribution is 2.19. The van der Waals surface area contributed by atoms with Crippen LogP contribution in [-0.2, 0) is 0 Å². The fourth-order valence-corrected chi connectivity index (χ4v) is 1.63. The number of aliphatic hydroxyl groups is 1. The van der Waals surface area contributed by atoms with Gasteiger partial charge in [-0.25, -0.2) is 4.79 Å². The molecule has 2 fully saturated rings.